The summed E-state index contributed by atoms with van der Waals surface area (Å²) in [6.45, 7) is 3.17. The maximum Gasteiger partial charge on any atom is 0.261 e. The van der Waals surface area contributed by atoms with Gasteiger partial charge in [0.15, 0.2) is 0 Å². The standard InChI is InChI=1S/C11H15N5O/c1-9(10(7-12)11(13)17)15-3-2-5-16-6-4-14-8-16/h4,6,8,15H,2-3,5H2,1H3,(H2,13,17)/b10-9-. The number of nitrogens with two attached hydrogens (primary N) is 1. The summed E-state index contributed by atoms with van der Waals surface area (Å²) in [5.74, 6) is -0.702. The number of carbonyl (C=O) groups is 1. The second kappa shape index (κ2) is 6.33. The minimum atomic E-state index is -0.702. The van der Waals surface area contributed by atoms with E-state index in [0.29, 0.717) is 12.2 Å². The van der Waals surface area contributed by atoms with Crippen LogP contribution in [-0.2, 0) is 11.3 Å². The molecule has 6 nitrogen and oxygen atoms in total. The molecule has 0 saturated carbocycles. The summed E-state index contributed by atoms with van der Waals surface area (Å²) < 4.78 is 1.96. The van der Waals surface area contributed by atoms with Crippen LogP contribution >= 0.6 is 0 Å². The summed E-state index contributed by atoms with van der Waals surface area (Å²) in [5.41, 5.74) is 5.56. The smallest absolute Gasteiger partial charge is 0.261 e. The molecular weight excluding hydrogens is 218 g/mol. The number of carbonyl (C=O) groups excluding carboxylic acids is 1. The fraction of sp³-hybridized carbons (Fsp3) is 0.364. The molecule has 0 saturated heterocycles. The van der Waals surface area contributed by atoms with Crippen molar-refractivity contribution in [3.63, 3.8) is 0 Å². The minimum Gasteiger partial charge on any atom is -0.387 e. The molecule has 1 amide bonds. The quantitative estimate of drug-likeness (QED) is 0.415. The largest absolute Gasteiger partial charge is 0.387 e. The number of rotatable bonds is 6. The van der Waals surface area contributed by atoms with Gasteiger partial charge in [0.05, 0.1) is 6.33 Å². The highest BCUT2D eigenvalue weighted by Gasteiger charge is 2.07. The molecule has 0 bridgehead atoms. The summed E-state index contributed by atoms with van der Waals surface area (Å²) in [4.78, 5) is 14.8. The minimum absolute atomic E-state index is 0.0207. The Morgan fingerprint density at radius 2 is 2.41 bits per heavy atom. The van der Waals surface area contributed by atoms with Crippen molar-refractivity contribution in [3.05, 3.63) is 30.0 Å². The van der Waals surface area contributed by atoms with Gasteiger partial charge in [0.1, 0.15) is 11.6 Å². The lowest BCUT2D eigenvalue weighted by Crippen LogP contribution is -2.22. The first-order chi connectivity index (χ1) is 8.15. The van der Waals surface area contributed by atoms with Crippen LogP contribution in [0.1, 0.15) is 13.3 Å². The normalized spacial score (nSPS) is 11.5. The highest BCUT2D eigenvalue weighted by molar-refractivity contribution is 5.96. The fourth-order valence-electron chi connectivity index (χ4n) is 1.37. The van der Waals surface area contributed by atoms with Gasteiger partial charge in [0.2, 0.25) is 0 Å². The Hall–Kier alpha value is -2.29. The van der Waals surface area contributed by atoms with E-state index in [0.717, 1.165) is 13.0 Å². The highest BCUT2D eigenvalue weighted by Crippen LogP contribution is 1.99. The number of nitrogens with zero attached hydrogens (tertiary/aromatic N) is 3. The summed E-state index contributed by atoms with van der Waals surface area (Å²) in [7, 11) is 0. The van der Waals surface area contributed by atoms with Crippen LogP contribution in [0.15, 0.2) is 30.0 Å². The first-order valence-corrected chi connectivity index (χ1v) is 5.25. The molecule has 1 rings (SSSR count). The number of aromatic nitrogens is 2. The van der Waals surface area contributed by atoms with Gasteiger partial charge >= 0.3 is 0 Å². The Labute approximate surface area is 99.7 Å². The van der Waals surface area contributed by atoms with Crippen LogP contribution in [-0.4, -0.2) is 22.0 Å². The second-order valence-electron chi connectivity index (χ2n) is 3.56. The lowest BCUT2D eigenvalue weighted by molar-refractivity contribution is -0.114. The van der Waals surface area contributed by atoms with E-state index in [1.807, 2.05) is 10.8 Å². The summed E-state index contributed by atoms with van der Waals surface area (Å²) in [6.07, 6.45) is 6.21. The van der Waals surface area contributed by atoms with Crippen molar-refractivity contribution in [1.29, 1.82) is 5.26 Å². The number of nitriles is 1. The number of primary amides is 1. The molecule has 0 aliphatic carbocycles. The van der Waals surface area contributed by atoms with Crippen LogP contribution in [0.4, 0.5) is 0 Å². The topological polar surface area (TPSA) is 96.7 Å². The third-order valence-electron chi connectivity index (χ3n) is 2.28. The van der Waals surface area contributed by atoms with Gasteiger partial charge in [0, 0.05) is 31.2 Å². The van der Waals surface area contributed by atoms with Crippen molar-refractivity contribution >= 4 is 5.91 Å². The lowest BCUT2D eigenvalue weighted by atomic mass is 10.2. The third-order valence-corrected chi connectivity index (χ3v) is 2.28. The molecule has 0 spiro atoms. The predicted octanol–water partition coefficient (Wildman–Crippen LogP) is 0.146. The van der Waals surface area contributed by atoms with Crippen molar-refractivity contribution in [2.45, 2.75) is 19.9 Å². The van der Waals surface area contributed by atoms with Crippen LogP contribution in [0.2, 0.25) is 0 Å². The van der Waals surface area contributed by atoms with Gasteiger partial charge in [-0.2, -0.15) is 5.26 Å². The second-order valence-corrected chi connectivity index (χ2v) is 3.56. The van der Waals surface area contributed by atoms with Gasteiger partial charge in [-0.1, -0.05) is 0 Å². The highest BCUT2D eigenvalue weighted by atomic mass is 16.1. The number of imidazole rings is 1. The fourth-order valence-corrected chi connectivity index (χ4v) is 1.37. The lowest BCUT2D eigenvalue weighted by Gasteiger charge is -2.07. The number of hydrogen-bond donors (Lipinski definition) is 2. The maximum absolute atomic E-state index is 10.9. The number of amides is 1. The van der Waals surface area contributed by atoms with Crippen LogP contribution in [0.25, 0.3) is 0 Å². The van der Waals surface area contributed by atoms with Crippen molar-refractivity contribution in [2.24, 2.45) is 5.73 Å². The van der Waals surface area contributed by atoms with Gasteiger partial charge < -0.3 is 15.6 Å². The van der Waals surface area contributed by atoms with Gasteiger partial charge in [-0.15, -0.1) is 0 Å². The van der Waals surface area contributed by atoms with Gasteiger partial charge in [0.25, 0.3) is 5.91 Å². The number of aryl methyl sites for hydroxylation is 1. The molecule has 0 radical (unpaired) electrons. The van der Waals surface area contributed by atoms with Gasteiger partial charge in [-0.3, -0.25) is 4.79 Å². The van der Waals surface area contributed by atoms with Crippen LogP contribution in [0, 0.1) is 11.3 Å². The van der Waals surface area contributed by atoms with E-state index in [9.17, 15) is 4.79 Å². The molecular formula is C11H15N5O. The molecule has 0 atom stereocenters. The zero-order valence-corrected chi connectivity index (χ0v) is 9.68. The van der Waals surface area contributed by atoms with Crippen molar-refractivity contribution in [3.8, 4) is 6.07 Å². The van der Waals surface area contributed by atoms with Crippen molar-refractivity contribution in [1.82, 2.24) is 14.9 Å². The van der Waals surface area contributed by atoms with Gasteiger partial charge in [-0.25, -0.2) is 4.98 Å². The molecule has 3 N–H and O–H groups in total. The molecule has 0 aliphatic heterocycles. The number of hydrogen-bond acceptors (Lipinski definition) is 4. The molecule has 1 heterocycles. The number of nitrogens with one attached hydrogen (secondary N) is 1. The number of allylic oxidation sites excluding steroid dienone is 1. The van der Waals surface area contributed by atoms with E-state index >= 15 is 0 Å². The molecule has 1 aromatic rings. The molecule has 0 aromatic carbocycles. The van der Waals surface area contributed by atoms with E-state index < -0.39 is 5.91 Å². The van der Waals surface area contributed by atoms with Gasteiger partial charge in [-0.05, 0) is 13.3 Å². The summed E-state index contributed by atoms with van der Waals surface area (Å²) in [5, 5.41) is 11.7. The van der Waals surface area contributed by atoms with E-state index in [4.69, 9.17) is 11.0 Å². The zero-order chi connectivity index (χ0) is 12.7. The van der Waals surface area contributed by atoms with Crippen molar-refractivity contribution < 1.29 is 4.79 Å². The van der Waals surface area contributed by atoms with Crippen LogP contribution < -0.4 is 11.1 Å². The predicted molar refractivity (Wildman–Crippen MR) is 62.4 cm³/mol. The van der Waals surface area contributed by atoms with Crippen LogP contribution in [0.3, 0.4) is 0 Å². The Kier molecular flexibility index (Phi) is 4.76. The Morgan fingerprint density at radius 1 is 1.65 bits per heavy atom. The Morgan fingerprint density at radius 3 is 2.94 bits per heavy atom. The van der Waals surface area contributed by atoms with Crippen molar-refractivity contribution in [2.75, 3.05) is 6.54 Å². The first kappa shape index (κ1) is 12.8. The summed E-state index contributed by atoms with van der Waals surface area (Å²) >= 11 is 0. The molecule has 0 unspecified atom stereocenters. The molecule has 6 heteroatoms. The average molecular weight is 233 g/mol. The average Bonchev–Trinajstić information content (AvgIpc) is 2.77. The SMILES string of the molecule is C/C(NCCCn1ccnc1)=C(\C#N)C(N)=O. The monoisotopic (exact) mass is 233 g/mol. The van der Waals surface area contributed by atoms with E-state index in [-0.39, 0.29) is 5.57 Å². The first-order valence-electron chi connectivity index (χ1n) is 5.25. The molecule has 1 aromatic heterocycles. The van der Waals surface area contributed by atoms with E-state index in [1.165, 1.54) is 0 Å². The molecule has 17 heavy (non-hydrogen) atoms. The Bertz CT molecular complexity index is 441. The molecule has 0 aliphatic rings. The summed E-state index contributed by atoms with van der Waals surface area (Å²) in [6, 6.07) is 1.78. The molecule has 0 fully saturated rings. The van der Waals surface area contributed by atoms with E-state index in [2.05, 4.69) is 10.3 Å². The zero-order valence-electron chi connectivity index (χ0n) is 9.68. The maximum atomic E-state index is 10.9. The molecule has 90 valence electrons. The third kappa shape index (κ3) is 3.99. The Balaban J connectivity index is 2.36. The van der Waals surface area contributed by atoms with E-state index in [1.54, 1.807) is 25.5 Å². The van der Waals surface area contributed by atoms with Crippen LogP contribution in [0.5, 0.6) is 0 Å².